The Kier molecular flexibility index (Phi) is 4.26. The van der Waals surface area contributed by atoms with E-state index in [1.165, 1.54) is 26.0 Å². The minimum atomic E-state index is -3.96. The second-order valence-electron chi connectivity index (χ2n) is 4.36. The summed E-state index contributed by atoms with van der Waals surface area (Å²) in [5, 5.41) is 9.61. The topological polar surface area (TPSA) is 80.7 Å². The van der Waals surface area contributed by atoms with Crippen LogP contribution in [0.1, 0.15) is 19.4 Å². The molecule has 0 saturated carbocycles. The number of benzene rings is 1. The van der Waals surface area contributed by atoms with Gasteiger partial charge in [-0.25, -0.2) is 0 Å². The zero-order valence-corrected chi connectivity index (χ0v) is 11.3. The van der Waals surface area contributed by atoms with Crippen LogP contribution in [-0.4, -0.2) is 31.5 Å². The predicted octanol–water partition coefficient (Wildman–Crippen LogP) is 1.04. The first kappa shape index (κ1) is 14.8. The van der Waals surface area contributed by atoms with Crippen LogP contribution in [0, 0.1) is 6.92 Å². The summed E-state index contributed by atoms with van der Waals surface area (Å²) in [6.45, 7) is 3.61. The van der Waals surface area contributed by atoms with Crippen molar-refractivity contribution in [2.75, 3.05) is 6.61 Å². The number of aryl methyl sites for hydroxylation is 1. The lowest BCUT2D eigenvalue weighted by molar-refractivity contribution is -0.135. The lowest BCUT2D eigenvalue weighted by Gasteiger charge is -2.19. The molecule has 1 aromatic rings. The third-order valence-corrected chi connectivity index (χ3v) is 3.84. The molecule has 100 valence electrons. The Morgan fingerprint density at radius 3 is 2.28 bits per heavy atom. The Morgan fingerprint density at radius 2 is 1.83 bits per heavy atom. The Labute approximate surface area is 107 Å². The maximum absolute atomic E-state index is 11.8. The summed E-state index contributed by atoms with van der Waals surface area (Å²) in [5.74, 6) is -0.554. The molecule has 0 aliphatic heterocycles. The first-order valence-corrected chi connectivity index (χ1v) is 6.75. The van der Waals surface area contributed by atoms with Crippen molar-refractivity contribution in [3.63, 3.8) is 0 Å². The molecule has 0 aliphatic rings. The van der Waals surface area contributed by atoms with E-state index >= 15 is 0 Å². The number of carbonyl (C=O) groups excluding carboxylic acids is 1. The zero-order chi connectivity index (χ0) is 14.0. The normalized spacial score (nSPS) is 15.1. The van der Waals surface area contributed by atoms with Crippen LogP contribution in [0.5, 0.6) is 0 Å². The molecule has 0 spiro atoms. The number of hydrogen-bond donors (Lipinski definition) is 1. The number of Topliss-reactive ketones (excluding diaryl/α,β-unsaturated/α-hetero) is 1. The molecule has 1 N–H and O–H groups in total. The van der Waals surface area contributed by atoms with E-state index in [1.807, 2.05) is 6.92 Å². The average molecular weight is 272 g/mol. The summed E-state index contributed by atoms with van der Waals surface area (Å²) < 4.78 is 28.2. The maximum Gasteiger partial charge on any atom is 0.297 e. The van der Waals surface area contributed by atoms with Crippen LogP contribution in [0.2, 0.25) is 0 Å². The van der Waals surface area contributed by atoms with Gasteiger partial charge in [0.25, 0.3) is 10.1 Å². The summed E-state index contributed by atoms with van der Waals surface area (Å²) in [6.07, 6.45) is 0. The minimum Gasteiger partial charge on any atom is -0.380 e. The first-order chi connectivity index (χ1) is 8.15. The van der Waals surface area contributed by atoms with Crippen molar-refractivity contribution in [1.29, 1.82) is 0 Å². The fraction of sp³-hybridized carbons (Fsp3) is 0.417. The summed E-state index contributed by atoms with van der Waals surface area (Å²) in [4.78, 5) is 11.0. The number of ketones is 1. The van der Waals surface area contributed by atoms with Crippen LogP contribution in [0.15, 0.2) is 29.2 Å². The standard InChI is InChI=1S/C12H16O5S/c1-9-4-6-11(7-5-9)18(15,16)17-8-12(3,14)10(2)13/h4-7,14H,8H2,1-3H3/t12-/m0/s1. The Morgan fingerprint density at radius 1 is 1.33 bits per heavy atom. The van der Waals surface area contributed by atoms with Crippen LogP contribution < -0.4 is 0 Å². The smallest absolute Gasteiger partial charge is 0.297 e. The van der Waals surface area contributed by atoms with E-state index in [1.54, 1.807) is 12.1 Å². The second kappa shape index (κ2) is 5.17. The van der Waals surface area contributed by atoms with Gasteiger partial charge in [-0.05, 0) is 32.9 Å². The highest BCUT2D eigenvalue weighted by molar-refractivity contribution is 7.86. The molecule has 18 heavy (non-hydrogen) atoms. The summed E-state index contributed by atoms with van der Waals surface area (Å²) in [6, 6.07) is 6.10. The van der Waals surface area contributed by atoms with Crippen molar-refractivity contribution in [3.05, 3.63) is 29.8 Å². The molecule has 0 aromatic heterocycles. The van der Waals surface area contributed by atoms with E-state index < -0.39 is 28.1 Å². The summed E-state index contributed by atoms with van der Waals surface area (Å²) in [7, 11) is -3.96. The number of aliphatic hydroxyl groups is 1. The van der Waals surface area contributed by atoms with E-state index in [9.17, 15) is 18.3 Å². The quantitative estimate of drug-likeness (QED) is 0.810. The van der Waals surface area contributed by atoms with Crippen molar-refractivity contribution in [3.8, 4) is 0 Å². The second-order valence-corrected chi connectivity index (χ2v) is 5.97. The van der Waals surface area contributed by atoms with Crippen LogP contribution in [0.3, 0.4) is 0 Å². The Balaban J connectivity index is 2.84. The highest BCUT2D eigenvalue weighted by Gasteiger charge is 2.29. The van der Waals surface area contributed by atoms with Gasteiger partial charge in [-0.2, -0.15) is 8.42 Å². The van der Waals surface area contributed by atoms with Gasteiger partial charge in [-0.1, -0.05) is 17.7 Å². The molecule has 1 atom stereocenters. The fourth-order valence-electron chi connectivity index (χ4n) is 1.07. The van der Waals surface area contributed by atoms with Gasteiger partial charge in [0, 0.05) is 0 Å². The Hall–Kier alpha value is -1.24. The first-order valence-electron chi connectivity index (χ1n) is 5.35. The van der Waals surface area contributed by atoms with Crippen LogP contribution in [0.4, 0.5) is 0 Å². The molecule has 0 fully saturated rings. The largest absolute Gasteiger partial charge is 0.380 e. The van der Waals surface area contributed by atoms with E-state index in [0.717, 1.165) is 5.56 Å². The number of hydrogen-bond acceptors (Lipinski definition) is 5. The molecule has 0 unspecified atom stereocenters. The van der Waals surface area contributed by atoms with E-state index in [4.69, 9.17) is 0 Å². The van der Waals surface area contributed by atoms with Gasteiger partial charge in [-0.3, -0.25) is 8.98 Å². The monoisotopic (exact) mass is 272 g/mol. The summed E-state index contributed by atoms with van der Waals surface area (Å²) in [5.41, 5.74) is -0.887. The lowest BCUT2D eigenvalue weighted by atomic mass is 10.0. The van der Waals surface area contributed by atoms with E-state index in [0.29, 0.717) is 0 Å². The zero-order valence-electron chi connectivity index (χ0n) is 10.5. The molecule has 0 saturated heterocycles. The SMILES string of the molecule is CC(=O)[C@@](C)(O)COS(=O)(=O)c1ccc(C)cc1. The maximum atomic E-state index is 11.8. The van der Waals surface area contributed by atoms with Gasteiger partial charge < -0.3 is 5.11 Å². The molecule has 1 aromatic carbocycles. The van der Waals surface area contributed by atoms with Gasteiger partial charge in [-0.15, -0.1) is 0 Å². The van der Waals surface area contributed by atoms with E-state index in [2.05, 4.69) is 4.18 Å². The molecule has 0 amide bonds. The highest BCUT2D eigenvalue weighted by Crippen LogP contribution is 2.16. The summed E-state index contributed by atoms with van der Waals surface area (Å²) >= 11 is 0. The van der Waals surface area contributed by atoms with Gasteiger partial charge in [0.15, 0.2) is 5.78 Å². The number of carbonyl (C=O) groups is 1. The van der Waals surface area contributed by atoms with Crippen molar-refractivity contribution in [2.45, 2.75) is 31.3 Å². The van der Waals surface area contributed by atoms with Crippen molar-refractivity contribution in [1.82, 2.24) is 0 Å². The molecule has 6 heteroatoms. The van der Waals surface area contributed by atoms with Crippen molar-refractivity contribution < 1.29 is 22.5 Å². The molecule has 1 rings (SSSR count). The van der Waals surface area contributed by atoms with Crippen LogP contribution in [-0.2, 0) is 19.1 Å². The predicted molar refractivity (Wildman–Crippen MR) is 65.6 cm³/mol. The van der Waals surface area contributed by atoms with Crippen LogP contribution >= 0.6 is 0 Å². The van der Waals surface area contributed by atoms with Crippen molar-refractivity contribution in [2.24, 2.45) is 0 Å². The molecule has 0 radical (unpaired) electrons. The van der Waals surface area contributed by atoms with Gasteiger partial charge in [0.2, 0.25) is 0 Å². The Bertz CT molecular complexity index is 528. The molecular weight excluding hydrogens is 256 g/mol. The highest BCUT2D eigenvalue weighted by atomic mass is 32.2. The van der Waals surface area contributed by atoms with Gasteiger partial charge >= 0.3 is 0 Å². The molecule has 0 bridgehead atoms. The van der Waals surface area contributed by atoms with Gasteiger partial charge in [0.05, 0.1) is 4.90 Å². The number of rotatable bonds is 5. The third-order valence-electron chi connectivity index (χ3n) is 2.56. The fourth-order valence-corrected chi connectivity index (χ4v) is 2.06. The van der Waals surface area contributed by atoms with Crippen LogP contribution in [0.25, 0.3) is 0 Å². The third kappa shape index (κ3) is 3.63. The minimum absolute atomic E-state index is 0.00699. The van der Waals surface area contributed by atoms with Crippen molar-refractivity contribution >= 4 is 15.9 Å². The molecule has 0 aliphatic carbocycles. The van der Waals surface area contributed by atoms with E-state index in [-0.39, 0.29) is 4.90 Å². The van der Waals surface area contributed by atoms with Gasteiger partial charge in [0.1, 0.15) is 12.2 Å². The average Bonchev–Trinajstić information content (AvgIpc) is 2.27. The lowest BCUT2D eigenvalue weighted by Crippen LogP contribution is -2.39. The molecule has 5 nitrogen and oxygen atoms in total. The molecule has 0 heterocycles. The molecular formula is C12H16O5S.